The fraction of sp³-hybridized carbons (Fsp3) is 0.143. The lowest BCUT2D eigenvalue weighted by molar-refractivity contribution is 0.628. The Morgan fingerprint density at radius 1 is 1.06 bits per heavy atom. The van der Waals surface area contributed by atoms with Gasteiger partial charge in [-0.1, -0.05) is 37.3 Å². The SMILES string of the molecule is CCSc1ccccc1-c1cccc(F)c1. The zero-order valence-corrected chi connectivity index (χ0v) is 9.93. The largest absolute Gasteiger partial charge is 0.207 e. The molecule has 0 aromatic heterocycles. The Bertz CT molecular complexity index is 480. The zero-order valence-electron chi connectivity index (χ0n) is 9.11. The summed E-state index contributed by atoms with van der Waals surface area (Å²) in [4.78, 5) is 1.20. The predicted octanol–water partition coefficient (Wildman–Crippen LogP) is 4.60. The average molecular weight is 232 g/mol. The molecule has 0 radical (unpaired) electrons. The molecule has 0 nitrogen and oxygen atoms in total. The number of hydrogen-bond acceptors (Lipinski definition) is 1. The first kappa shape index (κ1) is 11.2. The molecular weight excluding hydrogens is 219 g/mol. The van der Waals surface area contributed by atoms with Crippen molar-refractivity contribution in [3.05, 3.63) is 54.3 Å². The molecule has 2 heteroatoms. The molecule has 0 aliphatic rings. The Morgan fingerprint density at radius 2 is 1.88 bits per heavy atom. The van der Waals surface area contributed by atoms with Gasteiger partial charge in [0.1, 0.15) is 5.82 Å². The van der Waals surface area contributed by atoms with E-state index in [0.717, 1.165) is 16.9 Å². The van der Waals surface area contributed by atoms with E-state index in [2.05, 4.69) is 13.0 Å². The van der Waals surface area contributed by atoms with Gasteiger partial charge in [-0.25, -0.2) is 4.39 Å². The van der Waals surface area contributed by atoms with Crippen molar-refractivity contribution in [2.24, 2.45) is 0 Å². The highest BCUT2D eigenvalue weighted by atomic mass is 32.2. The molecule has 0 amide bonds. The van der Waals surface area contributed by atoms with Crippen LogP contribution in [0.2, 0.25) is 0 Å². The Balaban J connectivity index is 2.46. The third-order valence-corrected chi connectivity index (χ3v) is 3.28. The first-order chi connectivity index (χ1) is 7.81. The lowest BCUT2D eigenvalue weighted by Crippen LogP contribution is -1.83. The van der Waals surface area contributed by atoms with Gasteiger partial charge in [-0.3, -0.25) is 0 Å². The van der Waals surface area contributed by atoms with Crippen molar-refractivity contribution in [3.8, 4) is 11.1 Å². The summed E-state index contributed by atoms with van der Waals surface area (Å²) >= 11 is 1.78. The maximum Gasteiger partial charge on any atom is 0.123 e. The molecule has 0 saturated heterocycles. The summed E-state index contributed by atoms with van der Waals surface area (Å²) in [6.45, 7) is 2.12. The molecule has 16 heavy (non-hydrogen) atoms. The van der Waals surface area contributed by atoms with E-state index in [4.69, 9.17) is 0 Å². The normalized spacial score (nSPS) is 10.4. The molecule has 0 atom stereocenters. The lowest BCUT2D eigenvalue weighted by Gasteiger charge is -2.08. The van der Waals surface area contributed by atoms with E-state index in [1.807, 2.05) is 24.3 Å². The van der Waals surface area contributed by atoms with E-state index in [1.165, 1.54) is 11.0 Å². The van der Waals surface area contributed by atoms with Crippen molar-refractivity contribution in [1.82, 2.24) is 0 Å². The molecule has 0 aliphatic heterocycles. The lowest BCUT2D eigenvalue weighted by atomic mass is 10.1. The van der Waals surface area contributed by atoms with E-state index >= 15 is 0 Å². The molecule has 2 rings (SSSR count). The van der Waals surface area contributed by atoms with Gasteiger partial charge in [-0.15, -0.1) is 11.8 Å². The quantitative estimate of drug-likeness (QED) is 0.697. The van der Waals surface area contributed by atoms with Gasteiger partial charge in [0.25, 0.3) is 0 Å². The summed E-state index contributed by atoms with van der Waals surface area (Å²) in [5.74, 6) is 0.834. The van der Waals surface area contributed by atoms with Crippen molar-refractivity contribution in [2.45, 2.75) is 11.8 Å². The van der Waals surface area contributed by atoms with Gasteiger partial charge in [0.15, 0.2) is 0 Å². The van der Waals surface area contributed by atoms with Gasteiger partial charge in [0, 0.05) is 4.90 Å². The third kappa shape index (κ3) is 2.45. The van der Waals surface area contributed by atoms with Crippen LogP contribution in [0.15, 0.2) is 53.4 Å². The van der Waals surface area contributed by atoms with Crippen molar-refractivity contribution in [1.29, 1.82) is 0 Å². The molecule has 0 heterocycles. The Kier molecular flexibility index (Phi) is 3.62. The second-order valence-electron chi connectivity index (χ2n) is 3.44. The Hall–Kier alpha value is -1.28. The smallest absolute Gasteiger partial charge is 0.123 e. The van der Waals surface area contributed by atoms with E-state index < -0.39 is 0 Å². The second-order valence-corrected chi connectivity index (χ2v) is 4.75. The fourth-order valence-corrected chi connectivity index (χ4v) is 2.47. The summed E-state index contributed by atoms with van der Waals surface area (Å²) in [6, 6.07) is 14.9. The van der Waals surface area contributed by atoms with Gasteiger partial charge in [0.2, 0.25) is 0 Å². The van der Waals surface area contributed by atoms with Crippen molar-refractivity contribution >= 4 is 11.8 Å². The molecule has 0 saturated carbocycles. The summed E-state index contributed by atoms with van der Waals surface area (Å²) in [6.07, 6.45) is 0. The minimum absolute atomic E-state index is 0.186. The predicted molar refractivity (Wildman–Crippen MR) is 68.2 cm³/mol. The average Bonchev–Trinajstić information content (AvgIpc) is 2.30. The molecule has 82 valence electrons. The summed E-state index contributed by atoms with van der Waals surface area (Å²) < 4.78 is 13.2. The Morgan fingerprint density at radius 3 is 2.62 bits per heavy atom. The zero-order chi connectivity index (χ0) is 11.4. The molecular formula is C14H13FS. The van der Waals surface area contributed by atoms with Crippen LogP contribution in [0.1, 0.15) is 6.92 Å². The van der Waals surface area contributed by atoms with Crippen LogP contribution < -0.4 is 0 Å². The number of thioether (sulfide) groups is 1. The maximum atomic E-state index is 13.2. The van der Waals surface area contributed by atoms with E-state index in [9.17, 15) is 4.39 Å². The number of halogens is 1. The summed E-state index contributed by atoms with van der Waals surface area (Å²) in [5, 5.41) is 0. The highest BCUT2D eigenvalue weighted by Crippen LogP contribution is 2.31. The molecule has 2 aromatic carbocycles. The molecule has 0 spiro atoms. The molecule has 0 bridgehead atoms. The summed E-state index contributed by atoms with van der Waals surface area (Å²) in [7, 11) is 0. The van der Waals surface area contributed by atoms with Crippen LogP contribution in [-0.2, 0) is 0 Å². The monoisotopic (exact) mass is 232 g/mol. The molecule has 0 unspecified atom stereocenters. The van der Waals surface area contributed by atoms with E-state index in [0.29, 0.717) is 0 Å². The second kappa shape index (κ2) is 5.17. The van der Waals surface area contributed by atoms with Crippen molar-refractivity contribution in [2.75, 3.05) is 5.75 Å². The number of hydrogen-bond donors (Lipinski definition) is 0. The third-order valence-electron chi connectivity index (χ3n) is 2.32. The minimum Gasteiger partial charge on any atom is -0.207 e. The topological polar surface area (TPSA) is 0 Å². The van der Waals surface area contributed by atoms with Crippen LogP contribution in [0.5, 0.6) is 0 Å². The van der Waals surface area contributed by atoms with Crippen LogP contribution in [-0.4, -0.2) is 5.75 Å². The molecule has 0 fully saturated rings. The highest BCUT2D eigenvalue weighted by Gasteiger charge is 2.04. The number of rotatable bonds is 3. The minimum atomic E-state index is -0.186. The van der Waals surface area contributed by atoms with Gasteiger partial charge < -0.3 is 0 Å². The van der Waals surface area contributed by atoms with Gasteiger partial charge in [0.05, 0.1) is 0 Å². The van der Waals surface area contributed by atoms with Crippen LogP contribution >= 0.6 is 11.8 Å². The van der Waals surface area contributed by atoms with Gasteiger partial charge in [-0.05, 0) is 35.1 Å². The van der Waals surface area contributed by atoms with Crippen LogP contribution in [0, 0.1) is 5.82 Å². The van der Waals surface area contributed by atoms with Crippen LogP contribution in [0.25, 0.3) is 11.1 Å². The van der Waals surface area contributed by atoms with Crippen LogP contribution in [0.3, 0.4) is 0 Å². The van der Waals surface area contributed by atoms with Crippen molar-refractivity contribution in [3.63, 3.8) is 0 Å². The highest BCUT2D eigenvalue weighted by molar-refractivity contribution is 7.99. The number of benzene rings is 2. The van der Waals surface area contributed by atoms with Gasteiger partial charge in [-0.2, -0.15) is 0 Å². The standard InChI is InChI=1S/C14H13FS/c1-2-16-14-9-4-3-8-13(14)11-6-5-7-12(15)10-11/h3-10H,2H2,1H3. The summed E-state index contributed by atoms with van der Waals surface area (Å²) in [5.41, 5.74) is 2.05. The van der Waals surface area contributed by atoms with E-state index in [-0.39, 0.29) is 5.82 Å². The van der Waals surface area contributed by atoms with Crippen LogP contribution in [0.4, 0.5) is 4.39 Å². The van der Waals surface area contributed by atoms with E-state index in [1.54, 1.807) is 23.9 Å². The first-order valence-electron chi connectivity index (χ1n) is 5.29. The van der Waals surface area contributed by atoms with Crippen molar-refractivity contribution < 1.29 is 4.39 Å². The Labute approximate surface area is 99.5 Å². The molecule has 0 aliphatic carbocycles. The first-order valence-corrected chi connectivity index (χ1v) is 6.27. The molecule has 2 aromatic rings. The maximum absolute atomic E-state index is 13.2. The fourth-order valence-electron chi connectivity index (χ4n) is 1.64. The molecule has 0 N–H and O–H groups in total. The van der Waals surface area contributed by atoms with Gasteiger partial charge >= 0.3 is 0 Å².